The molecule has 1 fully saturated rings. The van der Waals surface area contributed by atoms with E-state index in [0.29, 0.717) is 24.6 Å². The van der Waals surface area contributed by atoms with E-state index in [9.17, 15) is 14.7 Å². The lowest BCUT2D eigenvalue weighted by molar-refractivity contribution is -0.140. The van der Waals surface area contributed by atoms with Crippen LogP contribution in [-0.2, 0) is 9.59 Å². The highest BCUT2D eigenvalue weighted by Crippen LogP contribution is 2.39. The highest BCUT2D eigenvalue weighted by atomic mass is 16.3. The molecule has 1 aliphatic heterocycles. The van der Waals surface area contributed by atoms with Gasteiger partial charge < -0.3 is 14.9 Å². The van der Waals surface area contributed by atoms with Crippen molar-refractivity contribution in [3.8, 4) is 0 Å². The van der Waals surface area contributed by atoms with E-state index >= 15 is 0 Å². The van der Waals surface area contributed by atoms with Crippen LogP contribution in [0, 0.1) is 6.92 Å². The highest BCUT2D eigenvalue weighted by molar-refractivity contribution is 6.46. The van der Waals surface area contributed by atoms with E-state index in [1.165, 1.54) is 5.56 Å². The van der Waals surface area contributed by atoms with Crippen molar-refractivity contribution in [3.63, 3.8) is 0 Å². The summed E-state index contributed by atoms with van der Waals surface area (Å²) in [6, 6.07) is 14.7. The van der Waals surface area contributed by atoms with E-state index in [2.05, 4.69) is 13.8 Å². The number of hydrogen-bond donors (Lipinski definition) is 1. The van der Waals surface area contributed by atoms with Crippen LogP contribution < -0.4 is 0 Å². The van der Waals surface area contributed by atoms with Crippen LogP contribution in [-0.4, -0.2) is 53.8 Å². The molecule has 1 N–H and O–H groups in total. The average Bonchev–Trinajstić information content (AvgIpc) is 2.97. The van der Waals surface area contributed by atoms with Crippen molar-refractivity contribution in [1.29, 1.82) is 0 Å². The number of benzene rings is 2. The number of aliphatic hydroxyl groups excluding tert-OH is 1. The molecule has 0 radical (unpaired) electrons. The number of nitrogens with zero attached hydrogens (tertiary/aromatic N) is 2. The molecule has 158 valence electrons. The van der Waals surface area contributed by atoms with Crippen molar-refractivity contribution in [1.82, 2.24) is 9.80 Å². The van der Waals surface area contributed by atoms with Gasteiger partial charge in [-0.1, -0.05) is 67.9 Å². The Bertz CT molecular complexity index is 957. The lowest BCUT2D eigenvalue weighted by Gasteiger charge is -2.27. The fraction of sp³-hybridized carbons (Fsp3) is 0.360. The molecule has 0 spiro atoms. The van der Waals surface area contributed by atoms with Crippen LogP contribution in [0.5, 0.6) is 0 Å². The van der Waals surface area contributed by atoms with Crippen LogP contribution in [0.4, 0.5) is 0 Å². The van der Waals surface area contributed by atoms with E-state index in [-0.39, 0.29) is 11.3 Å². The highest BCUT2D eigenvalue weighted by Gasteiger charge is 2.45. The summed E-state index contributed by atoms with van der Waals surface area (Å²) in [5.41, 5.74) is 3.75. The Kier molecular flexibility index (Phi) is 6.42. The van der Waals surface area contributed by atoms with Gasteiger partial charge in [0.1, 0.15) is 5.76 Å². The lowest BCUT2D eigenvalue weighted by atomic mass is 9.93. The predicted octanol–water partition coefficient (Wildman–Crippen LogP) is 4.10. The Morgan fingerprint density at radius 3 is 2.17 bits per heavy atom. The molecule has 5 heteroatoms. The first-order chi connectivity index (χ1) is 14.2. The number of aryl methyl sites for hydroxylation is 1. The van der Waals surface area contributed by atoms with Crippen LogP contribution in [0.15, 0.2) is 54.1 Å². The molecule has 1 amide bonds. The minimum absolute atomic E-state index is 0.126. The summed E-state index contributed by atoms with van der Waals surface area (Å²) in [6.07, 6.45) is 0. The van der Waals surface area contributed by atoms with Gasteiger partial charge in [0.25, 0.3) is 11.7 Å². The zero-order valence-corrected chi connectivity index (χ0v) is 18.3. The number of ketones is 1. The van der Waals surface area contributed by atoms with Gasteiger partial charge in [0.05, 0.1) is 11.6 Å². The Hall–Kier alpha value is -2.92. The third kappa shape index (κ3) is 4.31. The van der Waals surface area contributed by atoms with E-state index in [1.54, 1.807) is 17.0 Å². The molecule has 0 unspecified atom stereocenters. The molecule has 1 heterocycles. The third-order valence-corrected chi connectivity index (χ3v) is 5.57. The van der Waals surface area contributed by atoms with Crippen molar-refractivity contribution in [3.05, 3.63) is 76.4 Å². The topological polar surface area (TPSA) is 60.9 Å². The lowest BCUT2D eigenvalue weighted by Crippen LogP contribution is -2.35. The van der Waals surface area contributed by atoms with Crippen molar-refractivity contribution in [2.45, 2.75) is 32.7 Å². The van der Waals surface area contributed by atoms with Gasteiger partial charge in [-0.25, -0.2) is 0 Å². The summed E-state index contributed by atoms with van der Waals surface area (Å²) < 4.78 is 0. The van der Waals surface area contributed by atoms with Gasteiger partial charge in [-0.2, -0.15) is 0 Å². The number of carbonyl (C=O) groups is 2. The molecular weight excluding hydrogens is 376 g/mol. The number of aliphatic hydroxyl groups is 1. The zero-order chi connectivity index (χ0) is 22.0. The normalized spacial score (nSPS) is 18.6. The number of likely N-dealkylation sites (tertiary alicyclic amines) is 1. The molecule has 2 aromatic rings. The smallest absolute Gasteiger partial charge is 0.295 e. The van der Waals surface area contributed by atoms with Gasteiger partial charge in [0.15, 0.2) is 0 Å². The summed E-state index contributed by atoms with van der Waals surface area (Å²) in [5, 5.41) is 11.0. The van der Waals surface area contributed by atoms with Crippen LogP contribution >= 0.6 is 0 Å². The Morgan fingerprint density at radius 2 is 1.63 bits per heavy atom. The summed E-state index contributed by atoms with van der Waals surface area (Å²) in [6.45, 7) is 7.22. The number of amides is 1. The third-order valence-electron chi connectivity index (χ3n) is 5.57. The van der Waals surface area contributed by atoms with Gasteiger partial charge >= 0.3 is 0 Å². The minimum Gasteiger partial charge on any atom is -0.507 e. The summed E-state index contributed by atoms with van der Waals surface area (Å²) in [5.74, 6) is -0.946. The average molecular weight is 407 g/mol. The number of carbonyl (C=O) groups excluding carboxylic acids is 2. The predicted molar refractivity (Wildman–Crippen MR) is 119 cm³/mol. The molecule has 0 bridgehead atoms. The van der Waals surface area contributed by atoms with Gasteiger partial charge in [-0.3, -0.25) is 9.59 Å². The largest absolute Gasteiger partial charge is 0.507 e. The van der Waals surface area contributed by atoms with E-state index < -0.39 is 17.7 Å². The first-order valence-electron chi connectivity index (χ1n) is 10.3. The van der Waals surface area contributed by atoms with Crippen molar-refractivity contribution >= 4 is 17.4 Å². The van der Waals surface area contributed by atoms with Gasteiger partial charge in [-0.05, 0) is 38.1 Å². The Labute approximate surface area is 178 Å². The summed E-state index contributed by atoms with van der Waals surface area (Å²) >= 11 is 0. The molecule has 30 heavy (non-hydrogen) atoms. The van der Waals surface area contributed by atoms with Crippen LogP contribution in [0.1, 0.15) is 48.1 Å². The molecule has 1 aliphatic rings. The molecule has 5 nitrogen and oxygen atoms in total. The second kappa shape index (κ2) is 8.84. The molecular formula is C25H30N2O3. The van der Waals surface area contributed by atoms with Crippen LogP contribution in [0.3, 0.4) is 0 Å². The molecule has 2 aromatic carbocycles. The van der Waals surface area contributed by atoms with Crippen molar-refractivity contribution in [2.75, 3.05) is 27.2 Å². The van der Waals surface area contributed by atoms with Crippen molar-refractivity contribution < 1.29 is 14.7 Å². The van der Waals surface area contributed by atoms with E-state index in [0.717, 1.165) is 11.1 Å². The quantitative estimate of drug-likeness (QED) is 0.446. The monoisotopic (exact) mass is 406 g/mol. The number of likely N-dealkylation sites (N-methyl/N-ethyl adjacent to an activating group) is 1. The summed E-state index contributed by atoms with van der Waals surface area (Å²) in [4.78, 5) is 29.4. The fourth-order valence-electron chi connectivity index (χ4n) is 3.70. The van der Waals surface area contributed by atoms with Crippen LogP contribution in [0.25, 0.3) is 5.76 Å². The molecule has 0 aromatic heterocycles. The van der Waals surface area contributed by atoms with Crippen LogP contribution in [0.2, 0.25) is 0 Å². The molecule has 0 aliphatic carbocycles. The molecule has 0 saturated carbocycles. The Morgan fingerprint density at radius 1 is 1.03 bits per heavy atom. The van der Waals surface area contributed by atoms with Crippen molar-refractivity contribution in [2.24, 2.45) is 0 Å². The first-order valence-corrected chi connectivity index (χ1v) is 10.3. The maximum Gasteiger partial charge on any atom is 0.295 e. The standard InChI is InChI=1S/C25H30N2O3/c1-16(2)18-10-12-19(13-11-18)22-21(23(28)20-8-6-17(3)7-9-20)24(29)25(30)27(22)15-14-26(4)5/h6-13,16,22,28H,14-15H2,1-5H3/t22-/m1/s1. The van der Waals surface area contributed by atoms with Gasteiger partial charge in [0.2, 0.25) is 0 Å². The number of Topliss-reactive ketones (excluding diaryl/α,β-unsaturated/α-hetero) is 1. The summed E-state index contributed by atoms with van der Waals surface area (Å²) in [7, 11) is 3.85. The maximum atomic E-state index is 13.0. The van der Waals surface area contributed by atoms with E-state index in [1.807, 2.05) is 62.3 Å². The minimum atomic E-state index is -0.634. The van der Waals surface area contributed by atoms with Gasteiger partial charge in [0, 0.05) is 18.7 Å². The number of hydrogen-bond acceptors (Lipinski definition) is 4. The SMILES string of the molecule is Cc1ccc(C(O)=C2C(=O)C(=O)N(CCN(C)C)[C@@H]2c2ccc(C(C)C)cc2)cc1. The molecule has 1 atom stereocenters. The second-order valence-corrected chi connectivity index (χ2v) is 8.48. The first kappa shape index (κ1) is 21.8. The molecule has 3 rings (SSSR count). The van der Waals surface area contributed by atoms with Gasteiger partial charge in [-0.15, -0.1) is 0 Å². The maximum absolute atomic E-state index is 13.0. The molecule has 1 saturated heterocycles. The van der Waals surface area contributed by atoms with E-state index in [4.69, 9.17) is 0 Å². The Balaban J connectivity index is 2.12. The zero-order valence-electron chi connectivity index (χ0n) is 18.3. The second-order valence-electron chi connectivity index (χ2n) is 8.48. The number of rotatable bonds is 6. The fourth-order valence-corrected chi connectivity index (χ4v) is 3.70.